The number of aldehydes is 1. The minimum Gasteiger partial charge on any atom is -0.481 e. The first-order valence-corrected chi connectivity index (χ1v) is 4.67. The summed E-state index contributed by atoms with van der Waals surface area (Å²) in [6.45, 7) is 7.24. The fraction of sp³-hybridized carbons (Fsp3) is 0.800. The molecule has 0 aliphatic carbocycles. The van der Waals surface area contributed by atoms with Gasteiger partial charge in [-0.05, 0) is 26.2 Å². The molecule has 78 valence electrons. The van der Waals surface area contributed by atoms with Crippen LogP contribution in [0, 0.1) is 5.41 Å². The standard InChI is InChI=1S/C8H16O2.C2H4O/c1-4-8(5-2,6-3)7(9)10;1-2-3/h4-6H2,1-3H3,(H,9,10);2H,1H3. The zero-order valence-corrected chi connectivity index (χ0v) is 8.96. The molecule has 0 aromatic rings. The Morgan fingerprint density at radius 1 is 1.23 bits per heavy atom. The van der Waals surface area contributed by atoms with E-state index in [-0.39, 0.29) is 0 Å². The molecule has 13 heavy (non-hydrogen) atoms. The van der Waals surface area contributed by atoms with E-state index in [1.807, 2.05) is 20.8 Å². The highest BCUT2D eigenvalue weighted by atomic mass is 16.4. The van der Waals surface area contributed by atoms with Crippen LogP contribution in [0.4, 0.5) is 0 Å². The molecule has 1 N–H and O–H groups in total. The van der Waals surface area contributed by atoms with Gasteiger partial charge in [-0.15, -0.1) is 0 Å². The summed E-state index contributed by atoms with van der Waals surface area (Å²) in [6.07, 6.45) is 2.94. The van der Waals surface area contributed by atoms with Crippen LogP contribution in [0.3, 0.4) is 0 Å². The molecule has 0 radical (unpaired) electrons. The average molecular weight is 188 g/mol. The average Bonchev–Trinajstić information content (AvgIpc) is 2.09. The smallest absolute Gasteiger partial charge is 0.309 e. The molecule has 0 rings (SSSR count). The summed E-state index contributed by atoms with van der Waals surface area (Å²) in [5.41, 5.74) is -0.458. The number of hydrogen-bond donors (Lipinski definition) is 1. The molecule has 0 unspecified atom stereocenters. The summed E-state index contributed by atoms with van der Waals surface area (Å²) in [5.74, 6) is -0.653. The van der Waals surface area contributed by atoms with Gasteiger partial charge in [-0.1, -0.05) is 20.8 Å². The van der Waals surface area contributed by atoms with Gasteiger partial charge in [-0.25, -0.2) is 0 Å². The zero-order valence-electron chi connectivity index (χ0n) is 8.96. The summed E-state index contributed by atoms with van der Waals surface area (Å²) < 4.78 is 0. The predicted octanol–water partition coefficient (Wildman–Crippen LogP) is 2.49. The van der Waals surface area contributed by atoms with E-state index >= 15 is 0 Å². The number of carboxylic acids is 1. The van der Waals surface area contributed by atoms with Crippen LogP contribution in [0.15, 0.2) is 0 Å². The SMILES string of the molecule is CC=O.CCC(CC)(CC)C(=O)O. The van der Waals surface area contributed by atoms with Gasteiger partial charge < -0.3 is 9.90 Å². The van der Waals surface area contributed by atoms with Crippen molar-refractivity contribution in [1.82, 2.24) is 0 Å². The number of carboxylic acid groups (broad SMARTS) is 1. The van der Waals surface area contributed by atoms with Gasteiger partial charge in [0.05, 0.1) is 5.41 Å². The van der Waals surface area contributed by atoms with E-state index in [1.54, 1.807) is 0 Å². The van der Waals surface area contributed by atoms with Crippen LogP contribution >= 0.6 is 0 Å². The summed E-state index contributed by atoms with van der Waals surface area (Å²) in [5, 5.41) is 8.82. The molecule has 0 amide bonds. The molecule has 0 heterocycles. The largest absolute Gasteiger partial charge is 0.481 e. The molecule has 0 saturated heterocycles. The molecule has 3 nitrogen and oxygen atoms in total. The number of carbonyl (C=O) groups is 2. The summed E-state index contributed by atoms with van der Waals surface area (Å²) in [7, 11) is 0. The number of aliphatic carboxylic acids is 1. The summed E-state index contributed by atoms with van der Waals surface area (Å²) in [6, 6.07) is 0. The van der Waals surface area contributed by atoms with E-state index in [2.05, 4.69) is 0 Å². The predicted molar refractivity (Wildman–Crippen MR) is 52.7 cm³/mol. The van der Waals surface area contributed by atoms with E-state index in [1.165, 1.54) is 6.92 Å². The lowest BCUT2D eigenvalue weighted by atomic mass is 9.80. The Kier molecular flexibility index (Phi) is 8.76. The van der Waals surface area contributed by atoms with Crippen molar-refractivity contribution in [3.8, 4) is 0 Å². The van der Waals surface area contributed by atoms with Crippen molar-refractivity contribution in [3.63, 3.8) is 0 Å². The minimum atomic E-state index is -0.653. The maximum Gasteiger partial charge on any atom is 0.309 e. The molecule has 0 fully saturated rings. The Morgan fingerprint density at radius 2 is 1.46 bits per heavy atom. The third kappa shape index (κ3) is 4.65. The lowest BCUT2D eigenvalue weighted by Gasteiger charge is -2.24. The Hall–Kier alpha value is -0.860. The molecule has 0 atom stereocenters. The van der Waals surface area contributed by atoms with Crippen molar-refractivity contribution in [3.05, 3.63) is 0 Å². The molecule has 0 bridgehead atoms. The third-order valence-corrected chi connectivity index (χ3v) is 2.48. The van der Waals surface area contributed by atoms with E-state index in [0.717, 1.165) is 25.5 Å². The Morgan fingerprint density at radius 3 is 1.46 bits per heavy atom. The molecule has 0 spiro atoms. The van der Waals surface area contributed by atoms with Crippen LogP contribution in [0.2, 0.25) is 0 Å². The van der Waals surface area contributed by atoms with Gasteiger partial charge in [-0.2, -0.15) is 0 Å². The molecule has 0 aromatic heterocycles. The van der Waals surface area contributed by atoms with E-state index in [9.17, 15) is 4.79 Å². The lowest BCUT2D eigenvalue weighted by molar-refractivity contribution is -0.149. The molecule has 0 aliphatic heterocycles. The summed E-state index contributed by atoms with van der Waals surface area (Å²) >= 11 is 0. The van der Waals surface area contributed by atoms with Crippen LogP contribution in [-0.4, -0.2) is 17.4 Å². The fourth-order valence-electron chi connectivity index (χ4n) is 1.20. The second-order valence-electron chi connectivity index (χ2n) is 2.88. The quantitative estimate of drug-likeness (QED) is 0.689. The highest BCUT2D eigenvalue weighted by Gasteiger charge is 2.32. The molecule has 0 aromatic carbocycles. The number of rotatable bonds is 4. The Balaban J connectivity index is 0. The van der Waals surface area contributed by atoms with Gasteiger partial charge in [-0.3, -0.25) is 4.79 Å². The highest BCUT2D eigenvalue weighted by Crippen LogP contribution is 2.30. The minimum absolute atomic E-state index is 0.458. The molecular formula is C10H20O3. The van der Waals surface area contributed by atoms with Gasteiger partial charge in [0.2, 0.25) is 0 Å². The lowest BCUT2D eigenvalue weighted by Crippen LogP contribution is -2.28. The van der Waals surface area contributed by atoms with Crippen LogP contribution in [0.25, 0.3) is 0 Å². The van der Waals surface area contributed by atoms with Crippen molar-refractivity contribution in [2.45, 2.75) is 47.0 Å². The van der Waals surface area contributed by atoms with Crippen LogP contribution < -0.4 is 0 Å². The van der Waals surface area contributed by atoms with Crippen molar-refractivity contribution >= 4 is 12.3 Å². The van der Waals surface area contributed by atoms with Gasteiger partial charge in [0.1, 0.15) is 6.29 Å². The second-order valence-corrected chi connectivity index (χ2v) is 2.88. The van der Waals surface area contributed by atoms with Crippen molar-refractivity contribution < 1.29 is 14.7 Å². The monoisotopic (exact) mass is 188 g/mol. The molecule has 0 saturated carbocycles. The van der Waals surface area contributed by atoms with Crippen LogP contribution in [0.1, 0.15) is 47.0 Å². The van der Waals surface area contributed by atoms with Crippen LogP contribution in [-0.2, 0) is 9.59 Å². The molecule has 0 aliphatic rings. The Bertz CT molecular complexity index is 140. The van der Waals surface area contributed by atoms with Gasteiger partial charge in [0, 0.05) is 0 Å². The van der Waals surface area contributed by atoms with Crippen molar-refractivity contribution in [2.24, 2.45) is 5.41 Å². The van der Waals surface area contributed by atoms with E-state index in [4.69, 9.17) is 9.90 Å². The Labute approximate surface area is 80.1 Å². The highest BCUT2D eigenvalue weighted by molar-refractivity contribution is 5.74. The molecule has 3 heteroatoms. The molecular weight excluding hydrogens is 168 g/mol. The number of hydrogen-bond acceptors (Lipinski definition) is 2. The summed E-state index contributed by atoms with van der Waals surface area (Å²) in [4.78, 5) is 19.5. The zero-order chi connectivity index (χ0) is 10.9. The fourth-order valence-corrected chi connectivity index (χ4v) is 1.20. The van der Waals surface area contributed by atoms with Crippen molar-refractivity contribution in [2.75, 3.05) is 0 Å². The van der Waals surface area contributed by atoms with Gasteiger partial charge in [0.25, 0.3) is 0 Å². The van der Waals surface area contributed by atoms with E-state index < -0.39 is 11.4 Å². The van der Waals surface area contributed by atoms with Gasteiger partial charge in [0.15, 0.2) is 0 Å². The topological polar surface area (TPSA) is 54.4 Å². The maximum atomic E-state index is 10.7. The first kappa shape index (κ1) is 14.7. The number of carbonyl (C=O) groups excluding carboxylic acids is 1. The first-order valence-electron chi connectivity index (χ1n) is 4.67. The van der Waals surface area contributed by atoms with E-state index in [0.29, 0.717) is 0 Å². The first-order chi connectivity index (χ1) is 6.04. The maximum absolute atomic E-state index is 10.7. The van der Waals surface area contributed by atoms with Crippen LogP contribution in [0.5, 0.6) is 0 Å². The van der Waals surface area contributed by atoms with Crippen molar-refractivity contribution in [1.29, 1.82) is 0 Å². The normalized spacial score (nSPS) is 9.85. The van der Waals surface area contributed by atoms with Gasteiger partial charge >= 0.3 is 5.97 Å². The third-order valence-electron chi connectivity index (χ3n) is 2.48. The second kappa shape index (κ2) is 7.77.